The molecule has 1 aromatic heterocycles. The number of nitrogens with one attached hydrogen (secondary N) is 1. The van der Waals surface area contributed by atoms with Crippen LogP contribution < -0.4 is 20.4 Å². The number of ether oxygens (including phenoxy) is 1. The number of aliphatic carboxylic acids is 1. The number of hydrogen-bond acceptors (Lipinski definition) is 7. The van der Waals surface area contributed by atoms with E-state index < -0.39 is 35.8 Å². The quantitative estimate of drug-likeness (QED) is 0.429. The first-order valence-electron chi connectivity index (χ1n) is 11.5. The van der Waals surface area contributed by atoms with Crippen molar-refractivity contribution in [1.29, 1.82) is 0 Å². The number of aliphatic hydroxyl groups excluding tert-OH is 1. The minimum atomic E-state index is -1.63. The normalized spacial score (nSPS) is 20.9. The van der Waals surface area contributed by atoms with Gasteiger partial charge >= 0.3 is 11.9 Å². The second kappa shape index (κ2) is 9.57. The molecule has 0 unspecified atom stereocenters. The lowest BCUT2D eigenvalue weighted by Gasteiger charge is -2.39. The number of fused-ring (bicyclic) bond motifs is 1. The summed E-state index contributed by atoms with van der Waals surface area (Å²) in [6.45, 7) is 3.05. The zero-order valence-electron chi connectivity index (χ0n) is 19.6. The van der Waals surface area contributed by atoms with Gasteiger partial charge in [-0.15, -0.1) is 0 Å². The van der Waals surface area contributed by atoms with Crippen LogP contribution in [0.25, 0.3) is 10.9 Å². The first-order chi connectivity index (χ1) is 16.6. The summed E-state index contributed by atoms with van der Waals surface area (Å²) in [4.78, 5) is 49.7. The molecule has 11 heteroatoms. The van der Waals surface area contributed by atoms with Gasteiger partial charge in [0.15, 0.2) is 5.75 Å². The molecule has 35 heavy (non-hydrogen) atoms. The number of benzene rings is 1. The number of piperidine rings is 1. The Balaban J connectivity index is 1.71. The van der Waals surface area contributed by atoms with Gasteiger partial charge in [0, 0.05) is 31.4 Å². The Morgan fingerprint density at radius 3 is 2.51 bits per heavy atom. The first-order valence-corrected chi connectivity index (χ1v) is 11.5. The van der Waals surface area contributed by atoms with Crippen molar-refractivity contribution in [3.05, 3.63) is 34.1 Å². The van der Waals surface area contributed by atoms with Crippen molar-refractivity contribution in [2.45, 2.75) is 50.8 Å². The highest BCUT2D eigenvalue weighted by Crippen LogP contribution is 2.43. The Kier molecular flexibility index (Phi) is 6.70. The molecule has 2 aliphatic rings. The number of carbonyl (C=O) groups excluding carboxylic acids is 1. The number of carboxylic acids is 2. The van der Waals surface area contributed by atoms with E-state index in [0.29, 0.717) is 36.5 Å². The van der Waals surface area contributed by atoms with Gasteiger partial charge in [-0.2, -0.15) is 0 Å². The molecule has 1 aliphatic carbocycles. The van der Waals surface area contributed by atoms with Gasteiger partial charge < -0.3 is 34.8 Å². The number of carbonyl (C=O) groups is 3. The predicted molar refractivity (Wildman–Crippen MR) is 126 cm³/mol. The predicted octanol–water partition coefficient (Wildman–Crippen LogP) is 1.21. The lowest BCUT2D eigenvalue weighted by Crippen LogP contribution is -2.52. The zero-order valence-corrected chi connectivity index (χ0v) is 19.6. The summed E-state index contributed by atoms with van der Waals surface area (Å²) in [5.41, 5.74) is 0.388. The van der Waals surface area contributed by atoms with Crippen LogP contribution in [0.2, 0.25) is 0 Å². The fraction of sp³-hybridized carbons (Fsp3) is 0.500. The molecule has 1 aromatic carbocycles. The van der Waals surface area contributed by atoms with E-state index in [1.807, 2.05) is 16.4 Å². The Labute approximate surface area is 200 Å². The average Bonchev–Trinajstić information content (AvgIpc) is 3.62. The largest absolute Gasteiger partial charge is 0.492 e. The second-order valence-electron chi connectivity index (χ2n) is 9.39. The van der Waals surface area contributed by atoms with E-state index in [1.165, 1.54) is 13.3 Å². The number of anilines is 1. The highest BCUT2D eigenvalue weighted by Gasteiger charge is 2.33. The fourth-order valence-electron chi connectivity index (χ4n) is 4.86. The number of nitrogens with zero attached hydrogens (tertiary/aromatic N) is 2. The second-order valence-corrected chi connectivity index (χ2v) is 9.39. The maximum atomic E-state index is 12.9. The van der Waals surface area contributed by atoms with Crippen LogP contribution in [0.4, 0.5) is 5.69 Å². The molecule has 0 bridgehead atoms. The summed E-state index contributed by atoms with van der Waals surface area (Å²) in [7, 11) is 1.50. The van der Waals surface area contributed by atoms with E-state index in [-0.39, 0.29) is 29.0 Å². The highest BCUT2D eigenvalue weighted by atomic mass is 16.5. The SMILES string of the molecule is COc1c(N2C[C@@H](C)C[C@H](NC(=O)[C@H](O)CC(=O)O)C2)ccc2c(=O)c(C(=O)O)cn(C3CC3)c12. The van der Waals surface area contributed by atoms with Crippen LogP contribution in [0.1, 0.15) is 49.0 Å². The van der Waals surface area contributed by atoms with Crippen molar-refractivity contribution in [2.75, 3.05) is 25.1 Å². The van der Waals surface area contributed by atoms with E-state index in [2.05, 4.69) is 5.32 Å². The molecule has 1 aliphatic heterocycles. The van der Waals surface area contributed by atoms with E-state index >= 15 is 0 Å². The number of carboxylic acid groups (broad SMARTS) is 2. The number of methoxy groups -OCH3 is 1. The summed E-state index contributed by atoms with van der Waals surface area (Å²) in [5, 5.41) is 31.2. The van der Waals surface area contributed by atoms with E-state index in [4.69, 9.17) is 9.84 Å². The summed E-state index contributed by atoms with van der Waals surface area (Å²) in [6.07, 6.45) is 1.48. The smallest absolute Gasteiger partial charge is 0.341 e. The van der Waals surface area contributed by atoms with Crippen LogP contribution in [0, 0.1) is 5.92 Å². The van der Waals surface area contributed by atoms with E-state index in [9.17, 15) is 29.4 Å². The van der Waals surface area contributed by atoms with Gasteiger partial charge in [-0.05, 0) is 37.3 Å². The van der Waals surface area contributed by atoms with Gasteiger partial charge in [-0.3, -0.25) is 14.4 Å². The zero-order chi connectivity index (χ0) is 25.4. The summed E-state index contributed by atoms with van der Waals surface area (Å²) in [5.74, 6) is -2.66. The van der Waals surface area contributed by atoms with Crippen LogP contribution in [-0.2, 0) is 9.59 Å². The van der Waals surface area contributed by atoms with Gasteiger partial charge in [-0.1, -0.05) is 6.92 Å². The number of aromatic nitrogens is 1. The molecule has 3 atom stereocenters. The van der Waals surface area contributed by atoms with Crippen molar-refractivity contribution >= 4 is 34.4 Å². The molecule has 11 nitrogen and oxygen atoms in total. The number of aliphatic hydroxyl groups is 1. The molecule has 0 spiro atoms. The third-order valence-corrected chi connectivity index (χ3v) is 6.52. The number of aromatic carboxylic acids is 1. The van der Waals surface area contributed by atoms with Crippen LogP contribution in [0.3, 0.4) is 0 Å². The molecule has 1 amide bonds. The van der Waals surface area contributed by atoms with Crippen molar-refractivity contribution in [3.63, 3.8) is 0 Å². The third-order valence-electron chi connectivity index (χ3n) is 6.52. The monoisotopic (exact) mass is 487 g/mol. The van der Waals surface area contributed by atoms with Crippen molar-refractivity contribution in [3.8, 4) is 5.75 Å². The van der Waals surface area contributed by atoms with Gasteiger partial charge in [0.25, 0.3) is 0 Å². The molecule has 2 aromatic rings. The standard InChI is InChI=1S/C24H29N3O8/c1-12-7-13(25-23(32)18(28)8-19(29)30)10-26(9-12)17-6-5-15-20(22(17)35-2)27(14-3-4-14)11-16(21(15)31)24(33)34/h5-6,11-14,18,28H,3-4,7-10H2,1-2H3,(H,25,32)(H,29,30)(H,33,34)/t12-,13-,18+/m0/s1. The lowest BCUT2D eigenvalue weighted by atomic mass is 9.94. The summed E-state index contributed by atoms with van der Waals surface area (Å²) in [6, 6.07) is 3.09. The van der Waals surface area contributed by atoms with Crippen molar-refractivity contribution in [1.82, 2.24) is 9.88 Å². The molecule has 1 saturated heterocycles. The Morgan fingerprint density at radius 1 is 1.20 bits per heavy atom. The number of amides is 1. The molecule has 188 valence electrons. The topological polar surface area (TPSA) is 158 Å². The fourth-order valence-corrected chi connectivity index (χ4v) is 4.86. The van der Waals surface area contributed by atoms with Gasteiger partial charge in [-0.25, -0.2) is 4.79 Å². The molecule has 2 fully saturated rings. The average molecular weight is 488 g/mol. The molecular formula is C24H29N3O8. The van der Waals surface area contributed by atoms with Gasteiger partial charge in [0.2, 0.25) is 11.3 Å². The van der Waals surface area contributed by atoms with Crippen molar-refractivity contribution in [2.24, 2.45) is 5.92 Å². The molecule has 2 heterocycles. The molecule has 1 saturated carbocycles. The van der Waals surface area contributed by atoms with Crippen LogP contribution in [-0.4, -0.2) is 70.1 Å². The lowest BCUT2D eigenvalue weighted by molar-refractivity contribution is -0.144. The van der Waals surface area contributed by atoms with E-state index in [1.54, 1.807) is 12.1 Å². The summed E-state index contributed by atoms with van der Waals surface area (Å²) >= 11 is 0. The van der Waals surface area contributed by atoms with Crippen LogP contribution >= 0.6 is 0 Å². The van der Waals surface area contributed by atoms with E-state index in [0.717, 1.165) is 12.8 Å². The number of hydrogen-bond donors (Lipinski definition) is 4. The van der Waals surface area contributed by atoms with Crippen LogP contribution in [0.5, 0.6) is 5.75 Å². The molecule has 0 radical (unpaired) electrons. The maximum absolute atomic E-state index is 12.9. The van der Waals surface area contributed by atoms with Crippen molar-refractivity contribution < 1.29 is 34.4 Å². The first kappa shape index (κ1) is 24.5. The minimum absolute atomic E-state index is 0.0865. The van der Waals surface area contributed by atoms with Gasteiger partial charge in [0.1, 0.15) is 11.7 Å². The molecule has 4 rings (SSSR count). The Morgan fingerprint density at radius 2 is 1.91 bits per heavy atom. The molecular weight excluding hydrogens is 458 g/mol. The Hall–Kier alpha value is -3.60. The molecule has 4 N–H and O–H groups in total. The van der Waals surface area contributed by atoms with Crippen LogP contribution in [0.15, 0.2) is 23.1 Å². The number of pyridine rings is 1. The highest BCUT2D eigenvalue weighted by molar-refractivity contribution is 5.97. The van der Waals surface area contributed by atoms with Gasteiger partial charge in [0.05, 0.1) is 30.1 Å². The summed E-state index contributed by atoms with van der Waals surface area (Å²) < 4.78 is 7.59. The third kappa shape index (κ3) is 4.95. The Bertz CT molecular complexity index is 1240. The minimum Gasteiger partial charge on any atom is -0.492 e. The maximum Gasteiger partial charge on any atom is 0.341 e. The number of rotatable bonds is 8.